The molecule has 5 nitrogen and oxygen atoms in total. The first-order valence-corrected chi connectivity index (χ1v) is 8.29. The van der Waals surface area contributed by atoms with Crippen LogP contribution in [0.2, 0.25) is 0 Å². The third-order valence-corrected chi connectivity index (χ3v) is 5.63. The number of hydrogen-bond donors (Lipinski definition) is 1. The van der Waals surface area contributed by atoms with Gasteiger partial charge in [0.1, 0.15) is 5.76 Å². The Kier molecular flexibility index (Phi) is 4.65. The van der Waals surface area contributed by atoms with Crippen molar-refractivity contribution in [1.82, 2.24) is 9.62 Å². The van der Waals surface area contributed by atoms with Gasteiger partial charge in [0.05, 0.1) is 18.1 Å². The topological polar surface area (TPSA) is 62.6 Å². The average Bonchev–Trinajstić information content (AvgIpc) is 3.09. The van der Waals surface area contributed by atoms with Gasteiger partial charge < -0.3 is 9.73 Å². The van der Waals surface area contributed by atoms with Crippen LogP contribution in [0.25, 0.3) is 0 Å². The van der Waals surface area contributed by atoms with Gasteiger partial charge in [-0.05, 0) is 38.4 Å². The van der Waals surface area contributed by atoms with Gasteiger partial charge in [-0.25, -0.2) is 8.42 Å². The number of rotatable bonds is 8. The maximum absolute atomic E-state index is 12.6. The summed E-state index contributed by atoms with van der Waals surface area (Å²) in [6.07, 6.45) is 3.48. The van der Waals surface area contributed by atoms with Gasteiger partial charge in [-0.3, -0.25) is 0 Å². The molecule has 0 bridgehead atoms. The van der Waals surface area contributed by atoms with E-state index in [4.69, 9.17) is 4.42 Å². The minimum absolute atomic E-state index is 0.152. The first-order valence-electron chi connectivity index (χ1n) is 6.79. The van der Waals surface area contributed by atoms with Crippen LogP contribution < -0.4 is 5.32 Å². The first kappa shape index (κ1) is 14.6. The highest BCUT2D eigenvalue weighted by atomic mass is 32.2. The lowest BCUT2D eigenvalue weighted by atomic mass is 10.4. The van der Waals surface area contributed by atoms with Crippen LogP contribution in [0.15, 0.2) is 22.8 Å². The molecule has 1 heterocycles. The molecule has 6 heteroatoms. The summed E-state index contributed by atoms with van der Waals surface area (Å²) < 4.78 is 32.1. The summed E-state index contributed by atoms with van der Waals surface area (Å²) in [5, 5.41) is 2.68. The number of sulfonamides is 1. The summed E-state index contributed by atoms with van der Waals surface area (Å²) in [7, 11) is -3.28. The summed E-state index contributed by atoms with van der Waals surface area (Å²) in [6.45, 7) is 5.34. The van der Waals surface area contributed by atoms with E-state index in [1.807, 2.05) is 13.0 Å². The highest BCUT2D eigenvalue weighted by Gasteiger charge is 2.40. The third kappa shape index (κ3) is 3.58. The molecule has 1 fully saturated rings. The predicted octanol–water partition coefficient (Wildman–Crippen LogP) is 1.57. The summed E-state index contributed by atoms with van der Waals surface area (Å²) in [4.78, 5) is 0. The third-order valence-electron chi connectivity index (χ3n) is 3.36. The van der Waals surface area contributed by atoms with Crippen molar-refractivity contribution in [3.8, 4) is 0 Å². The molecule has 0 aliphatic heterocycles. The Hall–Kier alpha value is -0.850. The zero-order chi connectivity index (χ0) is 13.9. The molecule has 0 radical (unpaired) electrons. The molecule has 1 N–H and O–H groups in total. The van der Waals surface area contributed by atoms with Crippen molar-refractivity contribution in [2.45, 2.75) is 44.5 Å². The van der Waals surface area contributed by atoms with Crippen LogP contribution in [0.1, 0.15) is 32.4 Å². The zero-order valence-electron chi connectivity index (χ0n) is 11.5. The van der Waals surface area contributed by atoms with E-state index in [1.165, 1.54) is 0 Å². The van der Waals surface area contributed by atoms with Crippen LogP contribution in [-0.2, 0) is 16.6 Å². The monoisotopic (exact) mass is 286 g/mol. The van der Waals surface area contributed by atoms with Crippen LogP contribution in [0, 0.1) is 0 Å². The Morgan fingerprint density at radius 3 is 2.79 bits per heavy atom. The van der Waals surface area contributed by atoms with Crippen LogP contribution in [0.3, 0.4) is 0 Å². The Balaban J connectivity index is 2.09. The molecule has 1 saturated carbocycles. The van der Waals surface area contributed by atoms with Gasteiger partial charge in [0.15, 0.2) is 0 Å². The van der Waals surface area contributed by atoms with Gasteiger partial charge >= 0.3 is 0 Å². The lowest BCUT2D eigenvalue weighted by molar-refractivity contribution is 0.352. The fourth-order valence-corrected chi connectivity index (χ4v) is 3.75. The quantitative estimate of drug-likeness (QED) is 0.788. The van der Waals surface area contributed by atoms with Gasteiger partial charge in [-0.2, -0.15) is 4.31 Å². The maximum atomic E-state index is 12.6. The lowest BCUT2D eigenvalue weighted by Crippen LogP contribution is -2.42. The molecule has 1 aliphatic rings. The Morgan fingerprint density at radius 1 is 1.53 bits per heavy atom. The Bertz CT molecular complexity index is 480. The van der Waals surface area contributed by atoms with E-state index < -0.39 is 15.3 Å². The van der Waals surface area contributed by atoms with Gasteiger partial charge in [-0.1, -0.05) is 6.92 Å². The van der Waals surface area contributed by atoms with Crippen molar-refractivity contribution >= 4 is 10.0 Å². The van der Waals surface area contributed by atoms with E-state index in [-0.39, 0.29) is 6.04 Å². The summed E-state index contributed by atoms with van der Waals surface area (Å²) >= 11 is 0. The van der Waals surface area contributed by atoms with Crippen LogP contribution in [-0.4, -0.2) is 37.1 Å². The molecule has 19 heavy (non-hydrogen) atoms. The molecule has 1 atom stereocenters. The Morgan fingerprint density at radius 2 is 2.26 bits per heavy atom. The standard InChI is InChI=1S/C13H22N2O3S/c1-3-14-9-11(2)19(16,17)15(12-6-7-12)10-13-5-4-8-18-13/h4-5,8,11-12,14H,3,6-7,9-10H2,1-2H3. The van der Waals surface area contributed by atoms with Gasteiger partial charge in [0.25, 0.3) is 0 Å². The Labute approximate surface area is 115 Å². The second-order valence-corrected chi connectivity index (χ2v) is 7.32. The number of hydrogen-bond acceptors (Lipinski definition) is 4. The van der Waals surface area contributed by atoms with Gasteiger partial charge in [-0.15, -0.1) is 0 Å². The molecule has 0 aromatic carbocycles. The molecule has 0 amide bonds. The average molecular weight is 286 g/mol. The van der Waals surface area contributed by atoms with Crippen molar-refractivity contribution in [2.75, 3.05) is 13.1 Å². The molecule has 1 aromatic rings. The number of nitrogens with one attached hydrogen (secondary N) is 1. The van der Waals surface area contributed by atoms with Crippen LogP contribution in [0.4, 0.5) is 0 Å². The minimum Gasteiger partial charge on any atom is -0.468 e. The number of nitrogens with zero attached hydrogens (tertiary/aromatic N) is 1. The fourth-order valence-electron chi connectivity index (χ4n) is 2.03. The molecule has 108 valence electrons. The molecular formula is C13H22N2O3S. The highest BCUT2D eigenvalue weighted by molar-refractivity contribution is 7.89. The smallest absolute Gasteiger partial charge is 0.218 e. The van der Waals surface area contributed by atoms with Crippen molar-refractivity contribution < 1.29 is 12.8 Å². The molecule has 0 spiro atoms. The normalized spacial score (nSPS) is 17.8. The molecular weight excluding hydrogens is 264 g/mol. The second kappa shape index (κ2) is 6.07. The molecule has 1 aromatic heterocycles. The maximum Gasteiger partial charge on any atom is 0.218 e. The lowest BCUT2D eigenvalue weighted by Gasteiger charge is -2.25. The van der Waals surface area contributed by atoms with Crippen LogP contribution >= 0.6 is 0 Å². The molecule has 0 saturated heterocycles. The minimum atomic E-state index is -3.28. The van der Waals surface area contributed by atoms with E-state index in [1.54, 1.807) is 23.6 Å². The summed E-state index contributed by atoms with van der Waals surface area (Å²) in [5.74, 6) is 0.700. The van der Waals surface area contributed by atoms with Gasteiger partial charge in [0.2, 0.25) is 10.0 Å². The van der Waals surface area contributed by atoms with Crippen molar-refractivity contribution in [2.24, 2.45) is 0 Å². The molecule has 2 rings (SSSR count). The fraction of sp³-hybridized carbons (Fsp3) is 0.692. The zero-order valence-corrected chi connectivity index (χ0v) is 12.3. The summed E-state index contributed by atoms with van der Waals surface area (Å²) in [6, 6.07) is 3.76. The SMILES string of the molecule is CCNCC(C)S(=O)(=O)N(Cc1ccco1)C1CC1. The highest BCUT2D eigenvalue weighted by Crippen LogP contribution is 2.32. The van der Waals surface area contributed by atoms with Crippen molar-refractivity contribution in [3.05, 3.63) is 24.2 Å². The van der Waals surface area contributed by atoms with Gasteiger partial charge in [0, 0.05) is 12.6 Å². The van der Waals surface area contributed by atoms with E-state index in [2.05, 4.69) is 5.32 Å². The summed E-state index contributed by atoms with van der Waals surface area (Å²) in [5.41, 5.74) is 0. The van der Waals surface area contributed by atoms with E-state index in [9.17, 15) is 8.42 Å². The van der Waals surface area contributed by atoms with E-state index in [0.29, 0.717) is 18.8 Å². The van der Waals surface area contributed by atoms with Crippen LogP contribution in [0.5, 0.6) is 0 Å². The molecule has 1 unspecified atom stereocenters. The predicted molar refractivity (Wildman–Crippen MR) is 74.2 cm³/mol. The van der Waals surface area contributed by atoms with E-state index >= 15 is 0 Å². The largest absolute Gasteiger partial charge is 0.468 e. The van der Waals surface area contributed by atoms with Crippen molar-refractivity contribution in [3.63, 3.8) is 0 Å². The van der Waals surface area contributed by atoms with Crippen molar-refractivity contribution in [1.29, 1.82) is 0 Å². The second-order valence-electron chi connectivity index (χ2n) is 5.02. The molecule has 1 aliphatic carbocycles. The van der Waals surface area contributed by atoms with E-state index in [0.717, 1.165) is 19.4 Å². The first-order chi connectivity index (χ1) is 9.05. The number of furan rings is 1.